The van der Waals surface area contributed by atoms with Crippen LogP contribution in [0.5, 0.6) is 0 Å². The lowest BCUT2D eigenvalue weighted by molar-refractivity contribution is -0.870. The molecular formula is C40H78N2O6P+. The molecule has 0 rings (SSSR count). The van der Waals surface area contributed by atoms with Crippen LogP contribution in [-0.4, -0.2) is 73.4 Å². The first-order valence-corrected chi connectivity index (χ1v) is 21.4. The molecule has 0 fully saturated rings. The molecule has 3 unspecified atom stereocenters. The molecule has 3 atom stereocenters. The average Bonchev–Trinajstić information content (AvgIpc) is 3.04. The second kappa shape index (κ2) is 32.6. The molecule has 0 saturated heterocycles. The van der Waals surface area contributed by atoms with Gasteiger partial charge in [0.15, 0.2) is 0 Å². The maximum Gasteiger partial charge on any atom is 0.472 e. The SMILES string of the molecule is CCC/C=C\C/C=C\CCCCCCCC(=O)NC(COP(=O)(O)OCC[N+](C)(C)C)C(O)/C=C/CCCCCCCCCCCCCC. The van der Waals surface area contributed by atoms with Gasteiger partial charge in [-0.3, -0.25) is 13.8 Å². The summed E-state index contributed by atoms with van der Waals surface area (Å²) in [5.74, 6) is -0.195. The molecule has 0 bridgehead atoms. The van der Waals surface area contributed by atoms with Crippen LogP contribution in [0.3, 0.4) is 0 Å². The average molecular weight is 714 g/mol. The number of unbranched alkanes of at least 4 members (excludes halogenated alkanes) is 18. The number of aliphatic hydroxyl groups excluding tert-OH is 1. The molecule has 0 heterocycles. The van der Waals surface area contributed by atoms with Gasteiger partial charge >= 0.3 is 7.82 Å². The summed E-state index contributed by atoms with van der Waals surface area (Å²) in [5.41, 5.74) is 0. The molecule has 3 N–H and O–H groups in total. The Kier molecular flexibility index (Phi) is 31.8. The third-order valence-corrected chi connectivity index (χ3v) is 9.57. The highest BCUT2D eigenvalue weighted by Gasteiger charge is 2.27. The van der Waals surface area contributed by atoms with Gasteiger partial charge in [-0.2, -0.15) is 0 Å². The van der Waals surface area contributed by atoms with Crippen LogP contribution in [0.4, 0.5) is 0 Å². The van der Waals surface area contributed by atoms with Crippen LogP contribution < -0.4 is 5.32 Å². The molecule has 8 nitrogen and oxygen atoms in total. The first-order valence-electron chi connectivity index (χ1n) is 19.9. The number of phosphoric ester groups is 1. The number of carbonyl (C=O) groups excluding carboxylic acids is 1. The Bertz CT molecular complexity index is 902. The molecule has 0 saturated carbocycles. The quantitative estimate of drug-likeness (QED) is 0.0261. The summed E-state index contributed by atoms with van der Waals surface area (Å²) >= 11 is 0. The van der Waals surface area contributed by atoms with Gasteiger partial charge in [0.1, 0.15) is 13.2 Å². The molecule has 0 aliphatic carbocycles. The van der Waals surface area contributed by atoms with E-state index >= 15 is 0 Å². The highest BCUT2D eigenvalue weighted by atomic mass is 31.2. The highest BCUT2D eigenvalue weighted by molar-refractivity contribution is 7.47. The fourth-order valence-electron chi connectivity index (χ4n) is 5.37. The van der Waals surface area contributed by atoms with Gasteiger partial charge in [0.05, 0.1) is 39.9 Å². The third-order valence-electron chi connectivity index (χ3n) is 8.59. The van der Waals surface area contributed by atoms with Gasteiger partial charge in [-0.15, -0.1) is 0 Å². The summed E-state index contributed by atoms with van der Waals surface area (Å²) < 4.78 is 23.5. The Morgan fingerprint density at radius 3 is 1.76 bits per heavy atom. The van der Waals surface area contributed by atoms with Crippen LogP contribution in [0.15, 0.2) is 36.5 Å². The lowest BCUT2D eigenvalue weighted by atomic mass is 10.0. The summed E-state index contributed by atoms with van der Waals surface area (Å²) in [6, 6.07) is -0.850. The number of nitrogens with zero attached hydrogens (tertiary/aromatic N) is 1. The van der Waals surface area contributed by atoms with Crippen LogP contribution >= 0.6 is 7.82 Å². The van der Waals surface area contributed by atoms with E-state index in [1.807, 2.05) is 27.2 Å². The highest BCUT2D eigenvalue weighted by Crippen LogP contribution is 2.43. The van der Waals surface area contributed by atoms with E-state index in [0.29, 0.717) is 17.4 Å². The van der Waals surface area contributed by atoms with Crippen molar-refractivity contribution >= 4 is 13.7 Å². The van der Waals surface area contributed by atoms with E-state index in [0.717, 1.165) is 70.6 Å². The predicted octanol–water partition coefficient (Wildman–Crippen LogP) is 10.4. The van der Waals surface area contributed by atoms with Crippen molar-refractivity contribution in [2.24, 2.45) is 0 Å². The fourth-order valence-corrected chi connectivity index (χ4v) is 6.11. The van der Waals surface area contributed by atoms with E-state index < -0.39 is 20.0 Å². The molecule has 49 heavy (non-hydrogen) atoms. The summed E-state index contributed by atoms with van der Waals surface area (Å²) in [4.78, 5) is 23.0. The summed E-state index contributed by atoms with van der Waals surface area (Å²) in [7, 11) is 1.56. The minimum absolute atomic E-state index is 0.0580. The number of carbonyl (C=O) groups is 1. The van der Waals surface area contributed by atoms with Gasteiger partial charge in [0.25, 0.3) is 0 Å². The summed E-state index contributed by atoms with van der Waals surface area (Å²) in [6.07, 6.45) is 37.7. The molecule has 1 amide bonds. The number of nitrogens with one attached hydrogen (secondary N) is 1. The molecule has 9 heteroatoms. The second-order valence-electron chi connectivity index (χ2n) is 14.7. The molecule has 0 radical (unpaired) electrons. The third kappa shape index (κ3) is 34.9. The van der Waals surface area contributed by atoms with Crippen molar-refractivity contribution in [1.29, 1.82) is 0 Å². The van der Waals surface area contributed by atoms with Gasteiger partial charge in [-0.25, -0.2) is 4.57 Å². The predicted molar refractivity (Wildman–Crippen MR) is 208 cm³/mol. The van der Waals surface area contributed by atoms with E-state index in [9.17, 15) is 19.4 Å². The zero-order chi connectivity index (χ0) is 36.5. The van der Waals surface area contributed by atoms with E-state index in [1.54, 1.807) is 6.08 Å². The molecule has 0 aromatic heterocycles. The molecular weight excluding hydrogens is 635 g/mol. The van der Waals surface area contributed by atoms with Crippen LogP contribution in [-0.2, 0) is 18.4 Å². The Balaban J connectivity index is 4.55. The van der Waals surface area contributed by atoms with Crippen LogP contribution in [0, 0.1) is 0 Å². The monoisotopic (exact) mass is 714 g/mol. The minimum Gasteiger partial charge on any atom is -0.387 e. The molecule has 0 aromatic rings. The molecule has 0 spiro atoms. The van der Waals surface area contributed by atoms with Gasteiger partial charge in [0.2, 0.25) is 5.91 Å². The Morgan fingerprint density at radius 2 is 1.20 bits per heavy atom. The Morgan fingerprint density at radius 1 is 0.694 bits per heavy atom. The molecule has 288 valence electrons. The summed E-state index contributed by atoms with van der Waals surface area (Å²) in [5, 5.41) is 13.7. The number of amides is 1. The number of quaternary nitrogens is 1. The fraction of sp³-hybridized carbons (Fsp3) is 0.825. The standard InChI is InChI=1S/C40H77N2O6P/c1-6-8-10-12-14-16-18-20-22-23-25-27-29-31-33-39(43)38(37-48-49(45,46)47-36-35-42(3,4)5)41-40(44)34-32-30-28-26-24-21-19-17-15-13-11-9-7-2/h11,13,17,19,31,33,38-39,43H,6-10,12,14-16,18,20-30,32,34-37H2,1-5H3,(H-,41,44,45,46)/p+1/b13-11-,19-17-,33-31+. The van der Waals surface area contributed by atoms with Crippen molar-refractivity contribution < 1.29 is 32.9 Å². The number of phosphoric acid groups is 1. The number of rotatable bonds is 35. The second-order valence-corrected chi connectivity index (χ2v) is 16.1. The first kappa shape index (κ1) is 47.7. The van der Waals surface area contributed by atoms with Crippen molar-refractivity contribution in [2.75, 3.05) is 40.9 Å². The largest absolute Gasteiger partial charge is 0.472 e. The normalized spacial score (nSPS) is 15.0. The van der Waals surface area contributed by atoms with Crippen molar-refractivity contribution in [2.45, 2.75) is 174 Å². The van der Waals surface area contributed by atoms with Crippen molar-refractivity contribution in [3.05, 3.63) is 36.5 Å². The van der Waals surface area contributed by atoms with E-state index in [4.69, 9.17) is 9.05 Å². The van der Waals surface area contributed by atoms with Crippen molar-refractivity contribution in [3.8, 4) is 0 Å². The lowest BCUT2D eigenvalue weighted by Gasteiger charge is -2.25. The number of hydrogen-bond donors (Lipinski definition) is 3. The van der Waals surface area contributed by atoms with Crippen LogP contribution in [0.25, 0.3) is 0 Å². The number of aliphatic hydroxyl groups is 1. The van der Waals surface area contributed by atoms with Crippen molar-refractivity contribution in [1.82, 2.24) is 5.32 Å². The van der Waals surface area contributed by atoms with Crippen molar-refractivity contribution in [3.63, 3.8) is 0 Å². The minimum atomic E-state index is -4.33. The zero-order valence-electron chi connectivity index (χ0n) is 32.4. The molecule has 0 aromatic carbocycles. The smallest absolute Gasteiger partial charge is 0.387 e. The van der Waals surface area contributed by atoms with Crippen LogP contribution in [0.1, 0.15) is 162 Å². The van der Waals surface area contributed by atoms with Crippen LogP contribution in [0.2, 0.25) is 0 Å². The maximum absolute atomic E-state index is 12.8. The van der Waals surface area contributed by atoms with E-state index in [2.05, 4.69) is 43.5 Å². The van der Waals surface area contributed by atoms with E-state index in [1.165, 1.54) is 70.6 Å². The number of hydrogen-bond acceptors (Lipinski definition) is 5. The Labute approximate surface area is 302 Å². The lowest BCUT2D eigenvalue weighted by Crippen LogP contribution is -2.45. The molecule has 0 aliphatic heterocycles. The number of likely N-dealkylation sites (N-methyl/N-ethyl adjacent to an activating group) is 1. The van der Waals surface area contributed by atoms with E-state index in [-0.39, 0.29) is 19.1 Å². The summed E-state index contributed by atoms with van der Waals surface area (Å²) in [6.45, 7) is 4.71. The van der Waals surface area contributed by atoms with Gasteiger partial charge in [0, 0.05) is 6.42 Å². The molecule has 0 aliphatic rings. The van der Waals surface area contributed by atoms with Gasteiger partial charge in [-0.05, 0) is 44.9 Å². The zero-order valence-corrected chi connectivity index (χ0v) is 33.3. The van der Waals surface area contributed by atoms with Gasteiger partial charge < -0.3 is 19.8 Å². The maximum atomic E-state index is 12.8. The Hall–Kier alpha value is -1.28. The topological polar surface area (TPSA) is 105 Å². The first-order chi connectivity index (χ1) is 23.5. The number of allylic oxidation sites excluding steroid dienone is 5. The van der Waals surface area contributed by atoms with Gasteiger partial charge in [-0.1, -0.05) is 147 Å².